The topological polar surface area (TPSA) is 127 Å². The average Bonchev–Trinajstić information content (AvgIpc) is 3.06. The van der Waals surface area contributed by atoms with E-state index in [2.05, 4.69) is 29.3 Å². The van der Waals surface area contributed by atoms with Gasteiger partial charge in [0.1, 0.15) is 5.92 Å². The van der Waals surface area contributed by atoms with E-state index in [1.54, 1.807) is 30.8 Å². The summed E-state index contributed by atoms with van der Waals surface area (Å²) in [5.74, 6) is -2.14. The van der Waals surface area contributed by atoms with Gasteiger partial charge in [0, 0.05) is 41.0 Å². The molecule has 45 heavy (non-hydrogen) atoms. The van der Waals surface area contributed by atoms with Crippen LogP contribution in [0.25, 0.3) is 0 Å². The number of nitro groups is 1. The zero-order valence-corrected chi connectivity index (χ0v) is 27.0. The molecule has 0 spiro atoms. The molecular formula is C34H42N2O8S. The van der Waals surface area contributed by atoms with Crippen LogP contribution in [0.4, 0.5) is 5.69 Å². The molecule has 4 rings (SSSR count). The fourth-order valence-electron chi connectivity index (χ4n) is 5.65. The van der Waals surface area contributed by atoms with E-state index in [1.807, 2.05) is 6.92 Å². The molecule has 1 fully saturated rings. The van der Waals surface area contributed by atoms with E-state index in [9.17, 15) is 19.7 Å². The maximum Gasteiger partial charge on any atom is 0.336 e. The summed E-state index contributed by atoms with van der Waals surface area (Å²) in [4.78, 5) is 43.2. The highest BCUT2D eigenvalue weighted by molar-refractivity contribution is 7.99. The van der Waals surface area contributed by atoms with Crippen LogP contribution in [0.2, 0.25) is 0 Å². The third-order valence-electron chi connectivity index (χ3n) is 7.93. The van der Waals surface area contributed by atoms with Gasteiger partial charge in [-0.3, -0.25) is 19.9 Å². The second kappa shape index (κ2) is 17.2. The van der Waals surface area contributed by atoms with Gasteiger partial charge in [-0.05, 0) is 75.1 Å². The van der Waals surface area contributed by atoms with Gasteiger partial charge in [-0.2, -0.15) is 0 Å². The number of carbonyl (C=O) groups excluding carboxylic acids is 2. The predicted octanol–water partition coefficient (Wildman–Crippen LogP) is 6.81. The molecule has 3 atom stereocenters. The Balaban J connectivity index is 1.31. The van der Waals surface area contributed by atoms with Crippen LogP contribution in [-0.2, 0) is 35.0 Å². The lowest BCUT2D eigenvalue weighted by molar-refractivity contribution is -0.384. The molecule has 0 saturated carbocycles. The van der Waals surface area contributed by atoms with Gasteiger partial charge < -0.3 is 18.9 Å². The number of nitrogens with zero attached hydrogens (tertiary/aromatic N) is 2. The molecule has 3 unspecified atom stereocenters. The second-order valence-corrected chi connectivity index (χ2v) is 12.2. The molecule has 0 amide bonds. The summed E-state index contributed by atoms with van der Waals surface area (Å²) in [5.41, 5.74) is 2.80. The molecule has 1 saturated heterocycles. The number of allylic oxidation sites excluding steroid dienone is 1. The number of esters is 2. The van der Waals surface area contributed by atoms with Gasteiger partial charge in [-0.25, -0.2) is 4.79 Å². The summed E-state index contributed by atoms with van der Waals surface area (Å²) in [5, 5.41) is 11.5. The molecule has 2 aromatic carbocycles. The van der Waals surface area contributed by atoms with Crippen molar-refractivity contribution in [1.82, 2.24) is 0 Å². The Morgan fingerprint density at radius 1 is 1.11 bits per heavy atom. The number of benzene rings is 2. The molecule has 0 bridgehead atoms. The Morgan fingerprint density at radius 2 is 1.91 bits per heavy atom. The van der Waals surface area contributed by atoms with Crippen molar-refractivity contribution in [2.24, 2.45) is 10.9 Å². The molecule has 2 aliphatic heterocycles. The highest BCUT2D eigenvalue weighted by atomic mass is 32.2. The summed E-state index contributed by atoms with van der Waals surface area (Å²) < 4.78 is 22.2. The number of nitro benzene ring substituents is 1. The van der Waals surface area contributed by atoms with E-state index in [4.69, 9.17) is 18.9 Å². The van der Waals surface area contributed by atoms with Crippen LogP contribution in [0.3, 0.4) is 0 Å². The average molecular weight is 639 g/mol. The molecule has 2 aromatic rings. The Bertz CT molecular complexity index is 1380. The minimum Gasteiger partial charge on any atom is -0.468 e. The summed E-state index contributed by atoms with van der Waals surface area (Å²) in [6.45, 7) is 5.24. The molecule has 0 radical (unpaired) electrons. The summed E-state index contributed by atoms with van der Waals surface area (Å²) in [7, 11) is 1.27. The van der Waals surface area contributed by atoms with Gasteiger partial charge in [-0.15, -0.1) is 11.8 Å². The largest absolute Gasteiger partial charge is 0.468 e. The van der Waals surface area contributed by atoms with E-state index >= 15 is 0 Å². The second-order valence-electron chi connectivity index (χ2n) is 11.1. The highest BCUT2D eigenvalue weighted by Crippen LogP contribution is 2.41. The Hall–Kier alpha value is -3.54. The van der Waals surface area contributed by atoms with Crippen molar-refractivity contribution in [1.29, 1.82) is 0 Å². The van der Waals surface area contributed by atoms with Gasteiger partial charge in [0.2, 0.25) is 0 Å². The van der Waals surface area contributed by atoms with Gasteiger partial charge in [0.15, 0.2) is 6.29 Å². The van der Waals surface area contributed by atoms with Crippen LogP contribution < -0.4 is 0 Å². The minimum atomic E-state index is -0.910. The fourth-order valence-corrected chi connectivity index (χ4v) is 6.47. The number of hydrogen-bond donors (Lipinski definition) is 0. The smallest absolute Gasteiger partial charge is 0.336 e. The Morgan fingerprint density at radius 3 is 2.60 bits per heavy atom. The first-order chi connectivity index (χ1) is 21.8. The monoisotopic (exact) mass is 638 g/mol. The highest BCUT2D eigenvalue weighted by Gasteiger charge is 2.43. The van der Waals surface area contributed by atoms with Crippen molar-refractivity contribution in [2.75, 3.05) is 32.7 Å². The van der Waals surface area contributed by atoms with Crippen LogP contribution in [0.15, 0.2) is 69.7 Å². The van der Waals surface area contributed by atoms with Crippen LogP contribution >= 0.6 is 11.8 Å². The summed E-state index contributed by atoms with van der Waals surface area (Å²) in [6, 6.07) is 14.5. The molecule has 10 nitrogen and oxygen atoms in total. The maximum atomic E-state index is 13.5. The van der Waals surface area contributed by atoms with Crippen molar-refractivity contribution in [3.8, 4) is 0 Å². The Kier molecular flexibility index (Phi) is 13.2. The van der Waals surface area contributed by atoms with Gasteiger partial charge in [0.25, 0.3) is 5.69 Å². The van der Waals surface area contributed by atoms with E-state index in [0.29, 0.717) is 36.4 Å². The van der Waals surface area contributed by atoms with Crippen LogP contribution in [-0.4, -0.2) is 61.5 Å². The first-order valence-corrected chi connectivity index (χ1v) is 16.5. The van der Waals surface area contributed by atoms with E-state index in [1.165, 1.54) is 31.2 Å². The van der Waals surface area contributed by atoms with Gasteiger partial charge in [0.05, 0.1) is 36.5 Å². The standard InChI is InChI=1S/C34H42N2O8S/c1-4-28-32(31(30(23(2)35-28)33(37)41-3)25-11-7-12-26(22-25)36(39)40)34(38)44-20-9-21-45-27-16-14-24(15-17-27)10-8-19-43-29-13-5-6-18-42-29/h7,11-12,14-17,22,29-31H,4-6,8-10,13,18-21H2,1-3H3. The fraction of sp³-hybridized carbons (Fsp3) is 0.500. The molecule has 2 heterocycles. The molecular weight excluding hydrogens is 596 g/mol. The number of aliphatic imine (C=N–C) groups is 1. The summed E-state index contributed by atoms with van der Waals surface area (Å²) in [6.07, 6.45) is 6.16. The van der Waals surface area contributed by atoms with E-state index in [0.717, 1.165) is 42.9 Å². The molecule has 2 aliphatic rings. The molecule has 0 aliphatic carbocycles. The van der Waals surface area contributed by atoms with Crippen molar-refractivity contribution in [2.45, 2.75) is 75.9 Å². The number of thioether (sulfide) groups is 1. The Labute approximate surface area is 268 Å². The number of non-ortho nitro benzene ring substituents is 1. The first kappa shape index (κ1) is 34.3. The van der Waals surface area contributed by atoms with Crippen molar-refractivity contribution >= 4 is 35.1 Å². The third-order valence-corrected chi connectivity index (χ3v) is 9.03. The zero-order chi connectivity index (χ0) is 32.2. The van der Waals surface area contributed by atoms with Gasteiger partial charge in [-0.1, -0.05) is 31.2 Å². The van der Waals surface area contributed by atoms with E-state index in [-0.39, 0.29) is 24.2 Å². The lowest BCUT2D eigenvalue weighted by atomic mass is 9.75. The maximum absolute atomic E-state index is 13.5. The van der Waals surface area contributed by atoms with Crippen LogP contribution in [0, 0.1) is 16.0 Å². The minimum absolute atomic E-state index is 0.0476. The number of ether oxygens (including phenoxy) is 4. The first-order valence-electron chi connectivity index (χ1n) is 15.5. The van der Waals surface area contributed by atoms with Gasteiger partial charge >= 0.3 is 11.9 Å². The normalized spacial score (nSPS) is 20.0. The molecule has 11 heteroatoms. The van der Waals surface area contributed by atoms with Crippen molar-refractivity contribution in [3.63, 3.8) is 0 Å². The SMILES string of the molecule is CCC1=C(C(=O)OCCCSc2ccc(CCCOC3CCCCO3)cc2)C(c2cccc([N+](=O)[O-])c2)C(C(=O)OC)C(C)=N1. The molecule has 0 N–H and O–H groups in total. The summed E-state index contributed by atoms with van der Waals surface area (Å²) >= 11 is 1.69. The van der Waals surface area contributed by atoms with Crippen molar-refractivity contribution in [3.05, 3.63) is 81.0 Å². The van der Waals surface area contributed by atoms with Crippen LogP contribution in [0.1, 0.15) is 69.4 Å². The lowest BCUT2D eigenvalue weighted by Gasteiger charge is -2.31. The number of hydrogen-bond acceptors (Lipinski definition) is 10. The third kappa shape index (κ3) is 9.48. The zero-order valence-electron chi connectivity index (χ0n) is 26.2. The van der Waals surface area contributed by atoms with Crippen molar-refractivity contribution < 1.29 is 33.5 Å². The number of methoxy groups -OCH3 is 1. The molecule has 242 valence electrons. The quantitative estimate of drug-likeness (QED) is 0.0680. The van der Waals surface area contributed by atoms with E-state index < -0.39 is 28.7 Å². The van der Waals surface area contributed by atoms with Crippen LogP contribution in [0.5, 0.6) is 0 Å². The molecule has 0 aromatic heterocycles. The number of aryl methyl sites for hydroxylation is 1. The number of carbonyl (C=O) groups is 2. The lowest BCUT2D eigenvalue weighted by Crippen LogP contribution is -2.36. The number of rotatable bonds is 15. The predicted molar refractivity (Wildman–Crippen MR) is 172 cm³/mol.